The van der Waals surface area contributed by atoms with Gasteiger partial charge in [0.1, 0.15) is 11.4 Å². The summed E-state index contributed by atoms with van der Waals surface area (Å²) >= 11 is 7.98. The Kier molecular flexibility index (Phi) is 20.5. The first-order valence-corrected chi connectivity index (χ1v) is 29.5. The van der Waals surface area contributed by atoms with Crippen molar-refractivity contribution in [3.05, 3.63) is 154 Å². The van der Waals surface area contributed by atoms with Gasteiger partial charge in [-0.25, -0.2) is 13.1 Å². The van der Waals surface area contributed by atoms with Crippen molar-refractivity contribution in [3.8, 4) is 22.3 Å². The van der Waals surface area contributed by atoms with Crippen LogP contribution >= 0.6 is 23.4 Å². The highest BCUT2D eigenvalue weighted by molar-refractivity contribution is 7.99. The minimum absolute atomic E-state index is 0.102. The second-order valence-corrected chi connectivity index (χ2v) is 23.6. The molecule has 0 radical (unpaired) electrons. The number of thioether (sulfide) groups is 1. The van der Waals surface area contributed by atoms with Crippen LogP contribution in [0.1, 0.15) is 40.1 Å². The van der Waals surface area contributed by atoms with E-state index in [0.717, 1.165) is 90.3 Å². The third kappa shape index (κ3) is 15.9. The van der Waals surface area contributed by atoms with Gasteiger partial charge in [-0.05, 0) is 137 Å². The number of likely N-dealkylation sites (N-methyl/N-ethyl adjacent to an activating group) is 1. The van der Waals surface area contributed by atoms with E-state index < -0.39 is 44.1 Å². The van der Waals surface area contributed by atoms with Gasteiger partial charge in [-0.2, -0.15) is 0 Å². The average Bonchev–Trinajstić information content (AvgIpc) is 4.13. The molecule has 2 aliphatic heterocycles. The average molecular weight is 1140 g/mol. The quantitative estimate of drug-likeness (QED) is 0.0163. The summed E-state index contributed by atoms with van der Waals surface area (Å²) in [5.74, 6) is -0.485. The summed E-state index contributed by atoms with van der Waals surface area (Å²) in [7, 11) is 1.53. The first-order valence-electron chi connectivity index (χ1n) is 26.7. The van der Waals surface area contributed by atoms with Gasteiger partial charge < -0.3 is 49.9 Å². The van der Waals surface area contributed by atoms with E-state index in [2.05, 4.69) is 54.1 Å². The predicted octanol–water partition coefficient (Wildman–Crippen LogP) is 7.46. The van der Waals surface area contributed by atoms with Crippen molar-refractivity contribution in [2.45, 2.75) is 47.7 Å². The highest BCUT2D eigenvalue weighted by Crippen LogP contribution is 2.39. The van der Waals surface area contributed by atoms with E-state index in [9.17, 15) is 38.3 Å². The number of carbonyl (C=O) groups excluding carboxylic acids is 2. The van der Waals surface area contributed by atoms with Gasteiger partial charge in [0.2, 0.25) is 0 Å². The van der Waals surface area contributed by atoms with Gasteiger partial charge in [-0.3, -0.25) is 19.7 Å². The molecular formula is C58H71ClN10O8S2. The van der Waals surface area contributed by atoms with Gasteiger partial charge in [0, 0.05) is 127 Å². The lowest BCUT2D eigenvalue weighted by molar-refractivity contribution is -0.384. The normalized spacial score (nSPS) is 15.2. The van der Waals surface area contributed by atoms with E-state index in [1.807, 2.05) is 96.5 Å². The number of anilines is 3. The molecule has 0 aliphatic carbocycles. The molecule has 6 aromatic rings. The highest BCUT2D eigenvalue weighted by Gasteiger charge is 2.28. The minimum atomic E-state index is -4.51. The number of nitro benzene ring substituents is 1. The van der Waals surface area contributed by atoms with Crippen LogP contribution in [0.2, 0.25) is 5.02 Å². The van der Waals surface area contributed by atoms with Gasteiger partial charge in [-0.1, -0.05) is 54.1 Å². The molecule has 0 saturated carbocycles. The Morgan fingerprint density at radius 1 is 0.797 bits per heavy atom. The summed E-state index contributed by atoms with van der Waals surface area (Å²) in [6, 6.07) is 35.6. The number of hydrogen-bond donors (Lipinski definition) is 5. The van der Waals surface area contributed by atoms with E-state index in [4.69, 9.17) is 11.6 Å². The van der Waals surface area contributed by atoms with E-state index in [1.165, 1.54) is 12.1 Å². The number of piperazine rings is 2. The maximum Gasteiger partial charge on any atom is 0.293 e. The number of aliphatic hydroxyl groups is 2. The summed E-state index contributed by atoms with van der Waals surface area (Å²) in [6.45, 7) is 8.60. The smallest absolute Gasteiger partial charge is 0.293 e. The van der Waals surface area contributed by atoms with Crippen LogP contribution in [0, 0.1) is 10.1 Å². The fourth-order valence-corrected chi connectivity index (χ4v) is 11.9. The first kappa shape index (κ1) is 58.7. The van der Waals surface area contributed by atoms with Crippen LogP contribution in [0.5, 0.6) is 0 Å². The van der Waals surface area contributed by atoms with Gasteiger partial charge in [0.15, 0.2) is 0 Å². The Balaban J connectivity index is 0.933. The second-order valence-electron chi connectivity index (χ2n) is 20.3. The second kappa shape index (κ2) is 27.6. The summed E-state index contributed by atoms with van der Waals surface area (Å²) < 4.78 is 31.2. The molecule has 2 fully saturated rings. The highest BCUT2D eigenvalue weighted by atomic mass is 35.5. The molecule has 1 aromatic heterocycles. The number of nitrogens with zero attached hydrogens (tertiary/aromatic N) is 7. The Morgan fingerprint density at radius 3 is 2.16 bits per heavy atom. The fraction of sp³-hybridized carbons (Fsp3) is 0.379. The molecule has 2 amide bonds. The number of sulfonamides is 1. The van der Waals surface area contributed by atoms with Crippen molar-refractivity contribution >= 4 is 68.0 Å². The van der Waals surface area contributed by atoms with Crippen LogP contribution in [-0.4, -0.2) is 172 Å². The van der Waals surface area contributed by atoms with E-state index in [0.29, 0.717) is 62.2 Å². The van der Waals surface area contributed by atoms with Crippen molar-refractivity contribution in [2.75, 3.05) is 121 Å². The molecule has 0 bridgehead atoms. The predicted molar refractivity (Wildman–Crippen MR) is 315 cm³/mol. The molecule has 79 heavy (non-hydrogen) atoms. The van der Waals surface area contributed by atoms with Crippen molar-refractivity contribution in [2.24, 2.45) is 0 Å². The third-order valence-electron chi connectivity index (χ3n) is 14.4. The van der Waals surface area contributed by atoms with E-state index >= 15 is 0 Å². The Morgan fingerprint density at radius 2 is 1.49 bits per heavy atom. The van der Waals surface area contributed by atoms with E-state index in [1.54, 1.807) is 36.0 Å². The Bertz CT molecular complexity index is 3120. The molecule has 3 heterocycles. The van der Waals surface area contributed by atoms with Crippen molar-refractivity contribution in [1.29, 1.82) is 0 Å². The number of aliphatic hydroxyl groups excluding tert-OH is 2. The first-order chi connectivity index (χ1) is 38.0. The van der Waals surface area contributed by atoms with Crippen LogP contribution < -0.4 is 25.2 Å². The molecule has 18 nitrogen and oxygen atoms in total. The van der Waals surface area contributed by atoms with Crippen molar-refractivity contribution < 1.29 is 33.1 Å². The van der Waals surface area contributed by atoms with Crippen LogP contribution in [0.25, 0.3) is 22.3 Å². The lowest BCUT2D eigenvalue weighted by Gasteiger charge is -2.37. The molecule has 2 aliphatic rings. The number of rotatable bonds is 25. The molecule has 2 saturated heterocycles. The summed E-state index contributed by atoms with van der Waals surface area (Å²) in [6.07, 6.45) is 2.71. The number of benzene rings is 5. The zero-order valence-electron chi connectivity index (χ0n) is 45.0. The third-order valence-corrected chi connectivity index (χ3v) is 17.1. The zero-order valence-corrected chi connectivity index (χ0v) is 47.4. The molecule has 2 atom stereocenters. The van der Waals surface area contributed by atoms with Crippen molar-refractivity contribution in [1.82, 2.24) is 29.3 Å². The molecule has 5 aromatic carbocycles. The van der Waals surface area contributed by atoms with Gasteiger partial charge in [0.05, 0.1) is 22.5 Å². The Hall–Kier alpha value is -6.49. The molecule has 21 heteroatoms. The molecule has 0 spiro atoms. The SMILES string of the molecule is CN(C)CC[C@H](CSc1ccccc1)Nc1ccc(S(=O)(=O)NC(=O)c2ccc(N3CCN(c4cccc(-c5c(-c6ccc(Cl)cc6)cn(CC[C@H](O)CO)c5C(=O)NCCCN5CCN(C)CC5)c4)CC3)cc2)cc1[N+](=O)[O-]. The largest absolute Gasteiger partial charge is 0.394 e. The zero-order chi connectivity index (χ0) is 56.1. The lowest BCUT2D eigenvalue weighted by atomic mass is 9.95. The number of carbonyl (C=O) groups is 2. The topological polar surface area (TPSA) is 209 Å². The molecule has 5 N–H and O–H groups in total. The van der Waals surface area contributed by atoms with Crippen LogP contribution in [0.4, 0.5) is 22.7 Å². The summed E-state index contributed by atoms with van der Waals surface area (Å²) in [4.78, 5) is 51.5. The van der Waals surface area contributed by atoms with Crippen LogP contribution in [0.3, 0.4) is 0 Å². The molecular weight excluding hydrogens is 1060 g/mol. The number of amides is 2. The number of nitro groups is 1. The number of hydrogen-bond acceptors (Lipinski definition) is 15. The van der Waals surface area contributed by atoms with Crippen molar-refractivity contribution in [3.63, 3.8) is 0 Å². The van der Waals surface area contributed by atoms with Gasteiger partial charge >= 0.3 is 0 Å². The number of nitrogens with one attached hydrogen (secondary N) is 3. The Labute approximate surface area is 472 Å². The number of halogens is 1. The van der Waals surface area contributed by atoms with Crippen LogP contribution in [-0.2, 0) is 16.6 Å². The summed E-state index contributed by atoms with van der Waals surface area (Å²) in [5, 5.41) is 39.5. The molecule has 8 rings (SSSR count). The lowest BCUT2D eigenvalue weighted by Crippen LogP contribution is -2.46. The number of aryl methyl sites for hydroxylation is 1. The van der Waals surface area contributed by atoms with E-state index in [-0.39, 0.29) is 29.6 Å². The molecule has 0 unspecified atom stereocenters. The van der Waals surface area contributed by atoms with Crippen LogP contribution in [0.15, 0.2) is 137 Å². The minimum Gasteiger partial charge on any atom is -0.394 e. The maximum absolute atomic E-state index is 14.5. The summed E-state index contributed by atoms with van der Waals surface area (Å²) in [5.41, 5.74) is 5.42. The number of aromatic nitrogens is 1. The fourth-order valence-electron chi connectivity index (χ4n) is 9.80. The van der Waals surface area contributed by atoms with Gasteiger partial charge in [-0.15, -0.1) is 11.8 Å². The standard InChI is InChI=1S/C58H71ClN10O8S2/c1-63(2)27-23-46(41-78-50-11-5-4-6-12-50)61-53-22-21-51(38-54(53)69(74)75)79(76,77)62-57(72)43-15-19-47(20-16-43)66-33-35-67(36-34-66)48-10-7-9-44(37-48)55-52(42-13-17-45(59)18-14-42)39-68(28-24-49(71)40-70)56(55)58(73)60-25-8-26-65-31-29-64(3)30-32-65/h4-7,9-22,37-39,46,49,61,70-71H,8,23-36,40-41H2,1-3H3,(H,60,73)(H,62,72)/t46-,49+/m1/s1. The molecule has 420 valence electrons. The monoisotopic (exact) mass is 1130 g/mol. The van der Waals surface area contributed by atoms with Gasteiger partial charge in [0.25, 0.3) is 27.5 Å². The maximum atomic E-state index is 14.5.